The minimum Gasteiger partial charge on any atom is -0.351 e. The summed E-state index contributed by atoms with van der Waals surface area (Å²) in [5, 5.41) is 12.4. The number of nitrogens with zero attached hydrogens (tertiary/aromatic N) is 3. The minimum absolute atomic E-state index is 0.0702. The summed E-state index contributed by atoms with van der Waals surface area (Å²) in [7, 11) is 1.90. The molecule has 3 rings (SSSR count). The molecule has 0 saturated heterocycles. The molecular formula is C19H19ClN4OS. The van der Waals surface area contributed by atoms with Crippen LogP contribution in [-0.4, -0.2) is 25.9 Å². The first kappa shape index (κ1) is 18.5. The van der Waals surface area contributed by atoms with E-state index in [1.165, 1.54) is 11.8 Å². The highest BCUT2D eigenvalue weighted by molar-refractivity contribution is 8.00. The van der Waals surface area contributed by atoms with Crippen molar-refractivity contribution in [2.75, 3.05) is 0 Å². The van der Waals surface area contributed by atoms with Crippen LogP contribution in [0.4, 0.5) is 0 Å². The Morgan fingerprint density at radius 1 is 1.15 bits per heavy atom. The second kappa shape index (κ2) is 8.38. The number of benzene rings is 2. The topological polar surface area (TPSA) is 59.8 Å². The van der Waals surface area contributed by atoms with Crippen LogP contribution in [0.25, 0.3) is 11.4 Å². The summed E-state index contributed by atoms with van der Waals surface area (Å²) >= 11 is 7.50. The highest BCUT2D eigenvalue weighted by atomic mass is 35.5. The summed E-state index contributed by atoms with van der Waals surface area (Å²) in [6.07, 6.45) is 0. The Bertz CT molecular complexity index is 898. The van der Waals surface area contributed by atoms with Crippen molar-refractivity contribution in [1.82, 2.24) is 20.1 Å². The highest BCUT2D eigenvalue weighted by Gasteiger charge is 2.19. The predicted molar refractivity (Wildman–Crippen MR) is 105 cm³/mol. The maximum Gasteiger partial charge on any atom is 0.233 e. The van der Waals surface area contributed by atoms with Gasteiger partial charge in [-0.15, -0.1) is 10.2 Å². The van der Waals surface area contributed by atoms with Gasteiger partial charge in [-0.1, -0.05) is 71.9 Å². The van der Waals surface area contributed by atoms with Gasteiger partial charge in [0.15, 0.2) is 11.0 Å². The number of halogens is 1. The summed E-state index contributed by atoms with van der Waals surface area (Å²) in [5.74, 6) is 0.705. The third kappa shape index (κ3) is 4.26. The van der Waals surface area contributed by atoms with E-state index in [1.54, 1.807) is 0 Å². The van der Waals surface area contributed by atoms with Crippen LogP contribution in [0.1, 0.15) is 12.5 Å². The zero-order valence-corrected chi connectivity index (χ0v) is 16.1. The lowest BCUT2D eigenvalue weighted by Gasteiger charge is -2.12. The summed E-state index contributed by atoms with van der Waals surface area (Å²) in [4.78, 5) is 12.4. The first-order valence-electron chi connectivity index (χ1n) is 8.19. The fourth-order valence-corrected chi connectivity index (χ4v) is 3.48. The molecule has 2 aromatic carbocycles. The third-order valence-corrected chi connectivity index (χ3v) is 5.43. The van der Waals surface area contributed by atoms with E-state index in [2.05, 4.69) is 15.5 Å². The Hall–Kier alpha value is -2.31. The van der Waals surface area contributed by atoms with Gasteiger partial charge in [0, 0.05) is 24.2 Å². The van der Waals surface area contributed by atoms with E-state index in [9.17, 15) is 4.79 Å². The predicted octanol–water partition coefficient (Wildman–Crippen LogP) is 3.93. The molecule has 0 saturated carbocycles. The van der Waals surface area contributed by atoms with Crippen LogP contribution in [0.15, 0.2) is 59.8 Å². The monoisotopic (exact) mass is 386 g/mol. The lowest BCUT2D eigenvalue weighted by atomic mass is 10.2. The van der Waals surface area contributed by atoms with Gasteiger partial charge in [0.1, 0.15) is 0 Å². The molecule has 26 heavy (non-hydrogen) atoms. The Balaban J connectivity index is 1.63. The Labute approximate surface area is 161 Å². The number of amides is 1. The molecule has 0 radical (unpaired) electrons. The van der Waals surface area contributed by atoms with Crippen molar-refractivity contribution >= 4 is 29.3 Å². The number of hydrogen-bond acceptors (Lipinski definition) is 4. The van der Waals surface area contributed by atoms with Crippen LogP contribution in [0.5, 0.6) is 0 Å². The lowest BCUT2D eigenvalue weighted by Crippen LogP contribution is -2.30. The molecule has 0 bridgehead atoms. The van der Waals surface area contributed by atoms with Crippen molar-refractivity contribution in [2.45, 2.75) is 23.9 Å². The van der Waals surface area contributed by atoms with Gasteiger partial charge in [0.2, 0.25) is 5.91 Å². The lowest BCUT2D eigenvalue weighted by molar-refractivity contribution is -0.120. The number of rotatable bonds is 6. The van der Waals surface area contributed by atoms with E-state index in [4.69, 9.17) is 11.6 Å². The largest absolute Gasteiger partial charge is 0.351 e. The van der Waals surface area contributed by atoms with E-state index in [0.717, 1.165) is 17.0 Å². The molecule has 1 atom stereocenters. The summed E-state index contributed by atoms with van der Waals surface area (Å²) in [5.41, 5.74) is 1.88. The van der Waals surface area contributed by atoms with Gasteiger partial charge in [-0.25, -0.2) is 0 Å². The van der Waals surface area contributed by atoms with Gasteiger partial charge in [0.25, 0.3) is 0 Å². The van der Waals surface area contributed by atoms with E-state index in [0.29, 0.717) is 16.7 Å². The summed E-state index contributed by atoms with van der Waals surface area (Å²) < 4.78 is 1.90. The zero-order chi connectivity index (χ0) is 18.5. The molecule has 1 aromatic heterocycles. The van der Waals surface area contributed by atoms with Crippen molar-refractivity contribution in [3.8, 4) is 11.4 Å². The van der Waals surface area contributed by atoms with Gasteiger partial charge in [-0.05, 0) is 18.6 Å². The zero-order valence-electron chi connectivity index (χ0n) is 14.5. The molecule has 0 aliphatic heterocycles. The molecule has 0 aliphatic rings. The maximum atomic E-state index is 12.4. The normalized spacial score (nSPS) is 12.0. The second-order valence-corrected chi connectivity index (χ2v) is 7.52. The average Bonchev–Trinajstić information content (AvgIpc) is 3.02. The van der Waals surface area contributed by atoms with E-state index in [-0.39, 0.29) is 11.2 Å². The number of aromatic nitrogens is 3. The first-order chi connectivity index (χ1) is 12.6. The van der Waals surface area contributed by atoms with Crippen molar-refractivity contribution in [3.05, 3.63) is 65.2 Å². The molecular weight excluding hydrogens is 368 g/mol. The molecule has 3 aromatic rings. The van der Waals surface area contributed by atoms with Crippen LogP contribution in [-0.2, 0) is 18.4 Å². The third-order valence-electron chi connectivity index (χ3n) is 3.93. The van der Waals surface area contributed by atoms with Crippen molar-refractivity contribution < 1.29 is 4.79 Å². The summed E-state index contributed by atoms with van der Waals surface area (Å²) in [6, 6.07) is 17.3. The number of carbonyl (C=O) groups is 1. The van der Waals surface area contributed by atoms with Gasteiger partial charge < -0.3 is 9.88 Å². The molecule has 0 unspecified atom stereocenters. The molecule has 0 spiro atoms. The van der Waals surface area contributed by atoms with Gasteiger partial charge in [0.05, 0.1) is 5.25 Å². The van der Waals surface area contributed by atoms with Crippen molar-refractivity contribution in [2.24, 2.45) is 7.05 Å². The number of hydrogen-bond donors (Lipinski definition) is 1. The molecule has 134 valence electrons. The smallest absolute Gasteiger partial charge is 0.233 e. The SMILES string of the molecule is C[C@@H](Sc1nnc(-c2ccccc2)n1C)C(=O)NCc1ccccc1Cl. The Morgan fingerprint density at radius 2 is 1.85 bits per heavy atom. The van der Waals surface area contributed by atoms with Crippen LogP contribution < -0.4 is 5.32 Å². The van der Waals surface area contributed by atoms with Gasteiger partial charge in [-0.3, -0.25) is 4.79 Å². The molecule has 1 amide bonds. The van der Waals surface area contributed by atoms with Crippen LogP contribution in [0, 0.1) is 0 Å². The fourth-order valence-electron chi connectivity index (χ4n) is 2.44. The standard InChI is InChI=1S/C19H19ClN4OS/c1-13(18(25)21-12-15-10-6-7-11-16(15)20)26-19-23-22-17(24(19)2)14-8-4-3-5-9-14/h3-11,13H,12H2,1-2H3,(H,21,25)/t13-/m1/s1. The Morgan fingerprint density at radius 3 is 2.58 bits per heavy atom. The molecule has 7 heteroatoms. The summed E-state index contributed by atoms with van der Waals surface area (Å²) in [6.45, 7) is 2.25. The second-order valence-electron chi connectivity index (χ2n) is 5.80. The van der Waals surface area contributed by atoms with Crippen LogP contribution in [0.2, 0.25) is 5.02 Å². The van der Waals surface area contributed by atoms with Crippen molar-refractivity contribution in [3.63, 3.8) is 0 Å². The number of thioether (sulfide) groups is 1. The molecule has 0 aliphatic carbocycles. The Kier molecular flexibility index (Phi) is 5.96. The molecule has 5 nitrogen and oxygen atoms in total. The minimum atomic E-state index is -0.302. The highest BCUT2D eigenvalue weighted by Crippen LogP contribution is 2.25. The van der Waals surface area contributed by atoms with Crippen molar-refractivity contribution in [1.29, 1.82) is 0 Å². The van der Waals surface area contributed by atoms with E-state index >= 15 is 0 Å². The van der Waals surface area contributed by atoms with E-state index < -0.39 is 0 Å². The van der Waals surface area contributed by atoms with Gasteiger partial charge in [-0.2, -0.15) is 0 Å². The average molecular weight is 387 g/mol. The van der Waals surface area contributed by atoms with Gasteiger partial charge >= 0.3 is 0 Å². The number of nitrogens with one attached hydrogen (secondary N) is 1. The molecule has 1 N–H and O–H groups in total. The quantitative estimate of drug-likeness (QED) is 0.652. The fraction of sp³-hybridized carbons (Fsp3) is 0.211. The first-order valence-corrected chi connectivity index (χ1v) is 9.44. The van der Waals surface area contributed by atoms with E-state index in [1.807, 2.05) is 73.1 Å². The molecule has 1 heterocycles. The maximum absolute atomic E-state index is 12.4. The number of carbonyl (C=O) groups excluding carboxylic acids is 1. The van der Waals surface area contributed by atoms with Crippen LogP contribution in [0.3, 0.4) is 0 Å². The molecule has 0 fully saturated rings. The van der Waals surface area contributed by atoms with Crippen LogP contribution >= 0.6 is 23.4 Å².